The van der Waals surface area contributed by atoms with Crippen LogP contribution in [0.15, 0.2) is 79.4 Å². The van der Waals surface area contributed by atoms with Crippen molar-refractivity contribution in [2.45, 2.75) is 51.8 Å². The van der Waals surface area contributed by atoms with Crippen molar-refractivity contribution in [1.82, 2.24) is 25.2 Å². The maximum atomic E-state index is 14.2. The fourth-order valence-electron chi connectivity index (χ4n) is 6.14. The Morgan fingerprint density at radius 2 is 1.63 bits per heavy atom. The molecule has 0 bridgehead atoms. The number of hydrogen-bond acceptors (Lipinski definition) is 9. The van der Waals surface area contributed by atoms with Crippen LogP contribution in [0.2, 0.25) is 0 Å². The lowest BCUT2D eigenvalue weighted by atomic mass is 10.1. The number of aliphatic hydroxyl groups excluding tert-OH is 1. The Labute approximate surface area is 302 Å². The molecule has 3 atom stereocenters. The Hall–Kier alpha value is -5.44. The fraction of sp³-hybridized carbons (Fsp3) is 0.405. The number of hydrazine groups is 1. The highest BCUT2D eigenvalue weighted by Gasteiger charge is 2.26. The van der Waals surface area contributed by atoms with Gasteiger partial charge >= 0.3 is 6.03 Å². The quantitative estimate of drug-likeness (QED) is 0.0949. The number of ether oxygens (including phenoxy) is 2. The molecule has 0 radical (unpaired) electrons. The summed E-state index contributed by atoms with van der Waals surface area (Å²) in [7, 11) is 0. The first-order valence-electron chi connectivity index (χ1n) is 17.4. The largest absolute Gasteiger partial charge is 0.493 e. The van der Waals surface area contributed by atoms with E-state index in [4.69, 9.17) is 9.47 Å². The van der Waals surface area contributed by atoms with Gasteiger partial charge in [-0.25, -0.2) is 23.6 Å². The van der Waals surface area contributed by atoms with Gasteiger partial charge in [0, 0.05) is 61.8 Å². The summed E-state index contributed by atoms with van der Waals surface area (Å²) in [6, 6.07) is 17.6. The summed E-state index contributed by atoms with van der Waals surface area (Å²) in [6.07, 6.45) is 4.73. The van der Waals surface area contributed by atoms with E-state index in [-0.39, 0.29) is 18.3 Å². The van der Waals surface area contributed by atoms with Gasteiger partial charge in [0.05, 0.1) is 25.4 Å². The van der Waals surface area contributed by atoms with Gasteiger partial charge in [-0.2, -0.15) is 5.10 Å². The number of nitrogens with one attached hydrogen (secondary N) is 2. The first kappa shape index (κ1) is 37.8. The standard InChI is InChI=1S/C37H46F2N8O5/c1-3-35(27(2)49)47(42-26-48)37(50)43-30-7-9-31(10-8-30)44-17-19-45(20-18-44)32-11-13-33(14-12-32)51-22-28(5-4-16-46-25-40-24-41-46)23-52-36-15-6-29(38)21-34(36)39/h6-15,21,24-28,35,49H,3-5,16-20,22-23H2,1-2H3,(H,42,48)(H,43,50)/t27?,28-,35?/m1/s1. The number of carbonyl (C=O) groups excluding carboxylic acids is 2. The SMILES string of the molecule is CCC(C(C)O)N(NC=O)C(=O)Nc1ccc(N2CCN(c3ccc(OC[C@@H](CCCn4cncn4)COc4ccc(F)cc4F)cc3)CC2)cc1. The summed E-state index contributed by atoms with van der Waals surface area (Å²) in [4.78, 5) is 32.5. The lowest BCUT2D eigenvalue weighted by Gasteiger charge is -2.37. The Morgan fingerprint density at radius 3 is 2.21 bits per heavy atom. The van der Waals surface area contributed by atoms with Crippen molar-refractivity contribution in [2.75, 3.05) is 54.5 Å². The van der Waals surface area contributed by atoms with Crippen molar-refractivity contribution in [3.8, 4) is 11.5 Å². The van der Waals surface area contributed by atoms with Crippen molar-refractivity contribution in [3.05, 3.63) is 91.0 Å². The van der Waals surface area contributed by atoms with Gasteiger partial charge in [-0.15, -0.1) is 0 Å². The van der Waals surface area contributed by atoms with Gasteiger partial charge in [-0.3, -0.25) is 14.9 Å². The van der Waals surface area contributed by atoms with Gasteiger partial charge in [0.2, 0.25) is 6.41 Å². The molecular weight excluding hydrogens is 674 g/mol. The van der Waals surface area contributed by atoms with Crippen LogP contribution in [0.25, 0.3) is 0 Å². The molecule has 2 heterocycles. The molecule has 1 saturated heterocycles. The van der Waals surface area contributed by atoms with Gasteiger partial charge in [-0.1, -0.05) is 6.92 Å². The van der Waals surface area contributed by atoms with Gasteiger partial charge in [-0.05, 0) is 86.8 Å². The van der Waals surface area contributed by atoms with Crippen molar-refractivity contribution < 1.29 is 33.0 Å². The molecule has 4 aromatic rings. The van der Waals surface area contributed by atoms with E-state index in [1.54, 1.807) is 17.9 Å². The predicted octanol–water partition coefficient (Wildman–Crippen LogP) is 5.09. The number of aromatic nitrogens is 3. The van der Waals surface area contributed by atoms with Crippen molar-refractivity contribution in [2.24, 2.45) is 5.92 Å². The zero-order chi connectivity index (χ0) is 36.9. The van der Waals surface area contributed by atoms with Crippen LogP contribution in [-0.2, 0) is 11.3 Å². The third-order valence-electron chi connectivity index (χ3n) is 9.00. The normalized spacial score (nSPS) is 14.6. The van der Waals surface area contributed by atoms with Crippen LogP contribution < -0.4 is 30.0 Å². The minimum Gasteiger partial charge on any atom is -0.493 e. The number of aryl methyl sites for hydroxylation is 1. The van der Waals surface area contributed by atoms with E-state index in [9.17, 15) is 23.5 Å². The molecule has 3 aromatic carbocycles. The zero-order valence-electron chi connectivity index (χ0n) is 29.4. The van der Waals surface area contributed by atoms with Crippen molar-refractivity contribution in [1.29, 1.82) is 0 Å². The predicted molar refractivity (Wildman–Crippen MR) is 193 cm³/mol. The van der Waals surface area contributed by atoms with Crippen LogP contribution in [0.3, 0.4) is 0 Å². The molecule has 3 amide bonds. The summed E-state index contributed by atoms with van der Waals surface area (Å²) in [6.45, 7) is 7.88. The van der Waals surface area contributed by atoms with Crippen LogP contribution in [-0.4, -0.2) is 88.9 Å². The summed E-state index contributed by atoms with van der Waals surface area (Å²) in [5.74, 6) is -0.732. The highest BCUT2D eigenvalue weighted by Crippen LogP contribution is 2.26. The molecular formula is C37H46F2N8O5. The summed E-state index contributed by atoms with van der Waals surface area (Å²) in [5.41, 5.74) is 5.07. The molecule has 5 rings (SSSR count). The van der Waals surface area contributed by atoms with E-state index in [2.05, 4.69) is 30.6 Å². The summed E-state index contributed by atoms with van der Waals surface area (Å²) >= 11 is 0. The molecule has 0 saturated carbocycles. The summed E-state index contributed by atoms with van der Waals surface area (Å²) in [5, 5.41) is 18.1. The van der Waals surface area contributed by atoms with Crippen LogP contribution in [0.5, 0.6) is 11.5 Å². The second-order valence-electron chi connectivity index (χ2n) is 12.6. The van der Waals surface area contributed by atoms with E-state index in [0.29, 0.717) is 37.4 Å². The highest BCUT2D eigenvalue weighted by molar-refractivity contribution is 5.90. The van der Waals surface area contributed by atoms with E-state index in [1.165, 1.54) is 18.5 Å². The third-order valence-corrected chi connectivity index (χ3v) is 9.00. The second kappa shape index (κ2) is 18.7. The fourth-order valence-corrected chi connectivity index (χ4v) is 6.14. The molecule has 2 unspecified atom stereocenters. The minimum absolute atomic E-state index is 0.00369. The average Bonchev–Trinajstić information content (AvgIpc) is 3.67. The van der Waals surface area contributed by atoms with E-state index in [0.717, 1.165) is 61.5 Å². The lowest BCUT2D eigenvalue weighted by molar-refractivity contribution is -0.114. The number of urea groups is 1. The highest BCUT2D eigenvalue weighted by atomic mass is 19.1. The Balaban J connectivity index is 1.10. The molecule has 1 fully saturated rings. The monoisotopic (exact) mass is 720 g/mol. The smallest absolute Gasteiger partial charge is 0.340 e. The van der Waals surface area contributed by atoms with Crippen LogP contribution in [0.4, 0.5) is 30.6 Å². The number of rotatable bonds is 18. The topological polar surface area (TPSA) is 137 Å². The number of aliphatic hydroxyl groups is 1. The molecule has 0 aliphatic carbocycles. The zero-order valence-corrected chi connectivity index (χ0v) is 29.4. The molecule has 3 N–H and O–H groups in total. The van der Waals surface area contributed by atoms with Gasteiger partial charge in [0.25, 0.3) is 0 Å². The van der Waals surface area contributed by atoms with E-state index in [1.807, 2.05) is 55.5 Å². The van der Waals surface area contributed by atoms with E-state index < -0.39 is 29.8 Å². The Kier molecular flexibility index (Phi) is 13.6. The number of piperazine rings is 1. The van der Waals surface area contributed by atoms with Crippen LogP contribution in [0, 0.1) is 17.6 Å². The van der Waals surface area contributed by atoms with Crippen LogP contribution >= 0.6 is 0 Å². The number of carbonyl (C=O) groups is 2. The molecule has 1 aliphatic heterocycles. The number of anilines is 3. The van der Waals surface area contributed by atoms with Gasteiger partial charge in [0.1, 0.15) is 24.2 Å². The second-order valence-corrected chi connectivity index (χ2v) is 12.6. The third kappa shape index (κ3) is 10.5. The maximum Gasteiger partial charge on any atom is 0.340 e. The first-order chi connectivity index (χ1) is 25.2. The number of nitrogens with zero attached hydrogens (tertiary/aromatic N) is 6. The first-order valence-corrected chi connectivity index (χ1v) is 17.4. The number of benzene rings is 3. The maximum absolute atomic E-state index is 14.2. The average molecular weight is 721 g/mol. The minimum atomic E-state index is -0.823. The number of halogens is 2. The molecule has 1 aromatic heterocycles. The molecule has 1 aliphatic rings. The Morgan fingerprint density at radius 1 is 0.981 bits per heavy atom. The van der Waals surface area contributed by atoms with Crippen molar-refractivity contribution in [3.63, 3.8) is 0 Å². The molecule has 13 nitrogen and oxygen atoms in total. The van der Waals surface area contributed by atoms with Gasteiger partial charge in [0.15, 0.2) is 11.6 Å². The lowest BCUT2D eigenvalue weighted by Crippen LogP contribution is -2.54. The number of amides is 3. The molecule has 15 heteroatoms. The number of hydrogen-bond donors (Lipinski definition) is 3. The Bertz CT molecular complexity index is 1690. The van der Waals surface area contributed by atoms with E-state index >= 15 is 0 Å². The molecule has 52 heavy (non-hydrogen) atoms. The molecule has 0 spiro atoms. The van der Waals surface area contributed by atoms with Crippen LogP contribution in [0.1, 0.15) is 33.1 Å². The van der Waals surface area contributed by atoms with Gasteiger partial charge < -0.3 is 29.7 Å². The van der Waals surface area contributed by atoms with Crippen molar-refractivity contribution >= 4 is 29.5 Å². The summed E-state index contributed by atoms with van der Waals surface area (Å²) < 4.78 is 41.1. The molecule has 278 valence electrons.